The molecule has 2 rings (SSSR count). The molecule has 3 heteroatoms. The molecule has 0 amide bonds. The predicted molar refractivity (Wildman–Crippen MR) is 49.5 cm³/mol. The smallest absolute Gasteiger partial charge is 0.306 e. The molecular formula is C10H17NO2. The minimum atomic E-state index is -0.608. The maximum Gasteiger partial charge on any atom is 0.306 e. The molecule has 2 fully saturated rings. The van der Waals surface area contributed by atoms with Gasteiger partial charge in [0.2, 0.25) is 0 Å². The molecule has 1 aliphatic heterocycles. The Morgan fingerprint density at radius 3 is 2.54 bits per heavy atom. The minimum Gasteiger partial charge on any atom is -0.481 e. The Morgan fingerprint density at radius 2 is 2.08 bits per heavy atom. The first kappa shape index (κ1) is 9.00. The van der Waals surface area contributed by atoms with Gasteiger partial charge in [-0.05, 0) is 31.7 Å². The van der Waals surface area contributed by atoms with Crippen molar-refractivity contribution in [3.63, 3.8) is 0 Å². The summed E-state index contributed by atoms with van der Waals surface area (Å²) in [6.45, 7) is 4.04. The topological polar surface area (TPSA) is 40.5 Å². The van der Waals surface area contributed by atoms with Crippen LogP contribution in [0.3, 0.4) is 0 Å². The molecule has 0 aromatic rings. The first-order valence-corrected chi connectivity index (χ1v) is 5.15. The van der Waals surface area contributed by atoms with Gasteiger partial charge in [-0.3, -0.25) is 4.79 Å². The van der Waals surface area contributed by atoms with Crippen LogP contribution in [0.25, 0.3) is 0 Å². The summed E-state index contributed by atoms with van der Waals surface area (Å²) in [6.07, 6.45) is 3.49. The molecule has 2 unspecified atom stereocenters. The van der Waals surface area contributed by atoms with Gasteiger partial charge >= 0.3 is 5.97 Å². The highest BCUT2D eigenvalue weighted by Crippen LogP contribution is 2.33. The van der Waals surface area contributed by atoms with Crippen molar-refractivity contribution in [3.05, 3.63) is 0 Å². The zero-order chi connectivity index (χ0) is 9.42. The summed E-state index contributed by atoms with van der Waals surface area (Å²) in [5.41, 5.74) is 0. The van der Waals surface area contributed by atoms with Crippen molar-refractivity contribution in [2.24, 2.45) is 11.8 Å². The molecule has 0 aromatic heterocycles. The molecule has 0 bridgehead atoms. The predicted octanol–water partition coefficient (Wildman–Crippen LogP) is 1.19. The number of hydrogen-bond acceptors (Lipinski definition) is 2. The molecule has 1 aliphatic carbocycles. The summed E-state index contributed by atoms with van der Waals surface area (Å²) in [7, 11) is 0. The van der Waals surface area contributed by atoms with E-state index in [2.05, 4.69) is 11.8 Å². The lowest BCUT2D eigenvalue weighted by Crippen LogP contribution is -2.43. The molecule has 2 aliphatic rings. The molecule has 0 spiro atoms. The van der Waals surface area contributed by atoms with E-state index in [4.69, 9.17) is 5.11 Å². The van der Waals surface area contributed by atoms with Gasteiger partial charge in [-0.15, -0.1) is 0 Å². The van der Waals surface area contributed by atoms with Crippen LogP contribution in [-0.4, -0.2) is 35.1 Å². The molecule has 3 nitrogen and oxygen atoms in total. The summed E-state index contributed by atoms with van der Waals surface area (Å²) in [6, 6.07) is 0.789. The normalized spacial score (nSPS) is 36.1. The van der Waals surface area contributed by atoms with Gasteiger partial charge in [0.1, 0.15) is 0 Å². The third-order valence-corrected chi connectivity index (χ3v) is 3.32. The van der Waals surface area contributed by atoms with E-state index in [0.717, 1.165) is 25.6 Å². The third-order valence-electron chi connectivity index (χ3n) is 3.32. The van der Waals surface area contributed by atoms with Crippen LogP contribution in [-0.2, 0) is 4.79 Å². The number of carboxylic acids is 1. The molecule has 1 heterocycles. The number of nitrogens with zero attached hydrogens (tertiary/aromatic N) is 1. The van der Waals surface area contributed by atoms with Crippen LogP contribution in [0.5, 0.6) is 0 Å². The van der Waals surface area contributed by atoms with Gasteiger partial charge in [0.05, 0.1) is 5.92 Å². The van der Waals surface area contributed by atoms with Gasteiger partial charge < -0.3 is 10.0 Å². The van der Waals surface area contributed by atoms with E-state index in [1.165, 1.54) is 12.8 Å². The fourth-order valence-electron chi connectivity index (χ4n) is 2.32. The van der Waals surface area contributed by atoms with Crippen LogP contribution < -0.4 is 0 Å². The summed E-state index contributed by atoms with van der Waals surface area (Å²) < 4.78 is 0. The van der Waals surface area contributed by atoms with Crippen molar-refractivity contribution in [2.45, 2.75) is 32.2 Å². The van der Waals surface area contributed by atoms with Crippen molar-refractivity contribution < 1.29 is 9.90 Å². The fourth-order valence-corrected chi connectivity index (χ4v) is 2.32. The van der Waals surface area contributed by atoms with Crippen molar-refractivity contribution in [2.75, 3.05) is 13.1 Å². The summed E-state index contributed by atoms with van der Waals surface area (Å²) >= 11 is 0. The van der Waals surface area contributed by atoms with Crippen LogP contribution >= 0.6 is 0 Å². The molecule has 1 saturated heterocycles. The second-order valence-electron chi connectivity index (χ2n) is 4.44. The van der Waals surface area contributed by atoms with E-state index in [0.29, 0.717) is 5.92 Å². The lowest BCUT2D eigenvalue weighted by Gasteiger charge is -2.34. The lowest BCUT2D eigenvalue weighted by atomic mass is 9.87. The van der Waals surface area contributed by atoms with E-state index < -0.39 is 5.97 Å². The van der Waals surface area contributed by atoms with Gasteiger partial charge in [0.25, 0.3) is 0 Å². The average Bonchev–Trinajstić information content (AvgIpc) is 2.85. The molecule has 2 atom stereocenters. The number of aliphatic carboxylic acids is 1. The zero-order valence-corrected chi connectivity index (χ0v) is 8.07. The number of likely N-dealkylation sites (tertiary alicyclic amines) is 1. The second-order valence-corrected chi connectivity index (χ2v) is 4.44. The summed E-state index contributed by atoms with van der Waals surface area (Å²) in [4.78, 5) is 13.3. The fraction of sp³-hybridized carbons (Fsp3) is 0.900. The molecule has 0 radical (unpaired) electrons. The van der Waals surface area contributed by atoms with Crippen molar-refractivity contribution in [1.29, 1.82) is 0 Å². The molecular weight excluding hydrogens is 166 g/mol. The number of carboxylic acid groups (broad SMARTS) is 1. The Hall–Kier alpha value is -0.570. The first-order valence-electron chi connectivity index (χ1n) is 5.15. The number of carbonyl (C=O) groups is 1. The van der Waals surface area contributed by atoms with E-state index >= 15 is 0 Å². The Morgan fingerprint density at radius 1 is 1.38 bits per heavy atom. The maximum absolute atomic E-state index is 10.8. The van der Waals surface area contributed by atoms with Crippen LogP contribution in [0, 0.1) is 11.8 Å². The second kappa shape index (κ2) is 3.29. The van der Waals surface area contributed by atoms with E-state index in [-0.39, 0.29) is 5.92 Å². The Kier molecular flexibility index (Phi) is 2.28. The highest BCUT2D eigenvalue weighted by atomic mass is 16.4. The van der Waals surface area contributed by atoms with Gasteiger partial charge in [0.15, 0.2) is 0 Å². The SMILES string of the molecule is CC1CN(C2CC2)CCC1C(=O)O. The van der Waals surface area contributed by atoms with Gasteiger partial charge in [-0.2, -0.15) is 0 Å². The Balaban J connectivity index is 1.90. The van der Waals surface area contributed by atoms with E-state index in [1.54, 1.807) is 0 Å². The summed E-state index contributed by atoms with van der Waals surface area (Å²) in [5, 5.41) is 8.93. The lowest BCUT2D eigenvalue weighted by molar-refractivity contribution is -0.145. The molecule has 13 heavy (non-hydrogen) atoms. The third kappa shape index (κ3) is 1.85. The van der Waals surface area contributed by atoms with E-state index in [1.807, 2.05) is 0 Å². The molecule has 1 N–H and O–H groups in total. The Bertz CT molecular complexity index is 213. The highest BCUT2D eigenvalue weighted by Gasteiger charge is 2.37. The quantitative estimate of drug-likeness (QED) is 0.699. The number of piperidine rings is 1. The van der Waals surface area contributed by atoms with Crippen LogP contribution in [0.1, 0.15) is 26.2 Å². The standard InChI is InChI=1S/C10H17NO2/c1-7-6-11(8-2-3-8)5-4-9(7)10(12)13/h7-9H,2-6H2,1H3,(H,12,13). The minimum absolute atomic E-state index is 0.102. The molecule has 1 saturated carbocycles. The monoisotopic (exact) mass is 183 g/mol. The van der Waals surface area contributed by atoms with Crippen LogP contribution in [0.15, 0.2) is 0 Å². The highest BCUT2D eigenvalue weighted by molar-refractivity contribution is 5.70. The van der Waals surface area contributed by atoms with Crippen molar-refractivity contribution >= 4 is 5.97 Å². The number of rotatable bonds is 2. The van der Waals surface area contributed by atoms with Crippen LogP contribution in [0.4, 0.5) is 0 Å². The van der Waals surface area contributed by atoms with Crippen LogP contribution in [0.2, 0.25) is 0 Å². The summed E-state index contributed by atoms with van der Waals surface area (Å²) in [5.74, 6) is -0.384. The average molecular weight is 183 g/mol. The van der Waals surface area contributed by atoms with Gasteiger partial charge in [0, 0.05) is 12.6 Å². The number of hydrogen-bond donors (Lipinski definition) is 1. The van der Waals surface area contributed by atoms with Gasteiger partial charge in [-0.1, -0.05) is 6.92 Å². The van der Waals surface area contributed by atoms with Crippen molar-refractivity contribution in [3.8, 4) is 0 Å². The molecule has 74 valence electrons. The first-order chi connectivity index (χ1) is 6.18. The Labute approximate surface area is 78.7 Å². The largest absolute Gasteiger partial charge is 0.481 e. The van der Waals surface area contributed by atoms with Crippen molar-refractivity contribution in [1.82, 2.24) is 4.90 Å². The van der Waals surface area contributed by atoms with E-state index in [9.17, 15) is 4.79 Å². The molecule has 0 aromatic carbocycles. The maximum atomic E-state index is 10.8. The van der Waals surface area contributed by atoms with Gasteiger partial charge in [-0.25, -0.2) is 0 Å². The zero-order valence-electron chi connectivity index (χ0n) is 8.07.